The van der Waals surface area contributed by atoms with Gasteiger partial charge < -0.3 is 15.0 Å². The number of ether oxygens (including phenoxy) is 1. The van der Waals surface area contributed by atoms with Gasteiger partial charge in [-0.05, 0) is 26.3 Å². The second-order valence-corrected chi connectivity index (χ2v) is 6.15. The van der Waals surface area contributed by atoms with Crippen molar-refractivity contribution in [1.29, 1.82) is 0 Å². The van der Waals surface area contributed by atoms with E-state index >= 15 is 0 Å². The molecule has 2 aliphatic rings. The molecule has 3 heterocycles. The molecule has 0 spiro atoms. The van der Waals surface area contributed by atoms with Crippen molar-refractivity contribution < 1.29 is 4.74 Å². The van der Waals surface area contributed by atoms with Crippen LogP contribution in [0.15, 0.2) is 12.4 Å². The largest absolute Gasteiger partial charge is 0.381 e. The third-order valence-corrected chi connectivity index (χ3v) is 4.79. The first-order chi connectivity index (χ1) is 9.71. The first-order valence-corrected chi connectivity index (χ1v) is 7.54. The molecule has 0 unspecified atom stereocenters. The lowest BCUT2D eigenvalue weighted by atomic mass is 9.79. The summed E-state index contributed by atoms with van der Waals surface area (Å²) in [4.78, 5) is 11.4. The number of hydrogen-bond acceptors (Lipinski definition) is 5. The average Bonchev–Trinajstić information content (AvgIpc) is 2.97. The van der Waals surface area contributed by atoms with E-state index in [0.717, 1.165) is 45.0 Å². The number of hydrogen-bond donors (Lipinski definition) is 1. The predicted octanol–water partition coefficient (Wildman–Crippen LogP) is 1.34. The van der Waals surface area contributed by atoms with Gasteiger partial charge in [-0.2, -0.15) is 0 Å². The van der Waals surface area contributed by atoms with Crippen molar-refractivity contribution in [1.82, 2.24) is 15.3 Å². The van der Waals surface area contributed by atoms with Crippen molar-refractivity contribution in [2.45, 2.75) is 37.6 Å². The standard InChI is InChI=1S/C15H24N4O/c1-15(4-7-20-8-5-15)13-9-14(18-11-17-13)19-6-3-12(10-19)16-2/h9,11-12,16H,3-8,10H2,1-2H3/t12-/m1/s1. The number of rotatable bonds is 3. The van der Waals surface area contributed by atoms with E-state index < -0.39 is 0 Å². The second kappa shape index (κ2) is 5.66. The Morgan fingerprint density at radius 2 is 2.15 bits per heavy atom. The van der Waals surface area contributed by atoms with E-state index in [2.05, 4.69) is 33.2 Å². The molecule has 20 heavy (non-hydrogen) atoms. The summed E-state index contributed by atoms with van der Waals surface area (Å²) in [7, 11) is 2.03. The second-order valence-electron chi connectivity index (χ2n) is 6.15. The third kappa shape index (κ3) is 2.65. The smallest absolute Gasteiger partial charge is 0.132 e. The van der Waals surface area contributed by atoms with Crippen LogP contribution in [0.1, 0.15) is 31.9 Å². The van der Waals surface area contributed by atoms with Crippen LogP contribution in [0.2, 0.25) is 0 Å². The van der Waals surface area contributed by atoms with Gasteiger partial charge in [-0.25, -0.2) is 9.97 Å². The molecule has 0 radical (unpaired) electrons. The number of anilines is 1. The molecule has 2 saturated heterocycles. The summed E-state index contributed by atoms with van der Waals surface area (Å²) in [5.74, 6) is 1.07. The minimum Gasteiger partial charge on any atom is -0.381 e. The Kier molecular flexibility index (Phi) is 3.89. The van der Waals surface area contributed by atoms with Gasteiger partial charge in [0.15, 0.2) is 0 Å². The number of nitrogens with zero attached hydrogens (tertiary/aromatic N) is 3. The number of nitrogens with one attached hydrogen (secondary N) is 1. The van der Waals surface area contributed by atoms with E-state index in [1.165, 1.54) is 12.1 Å². The van der Waals surface area contributed by atoms with Crippen LogP contribution >= 0.6 is 0 Å². The maximum Gasteiger partial charge on any atom is 0.132 e. The lowest BCUT2D eigenvalue weighted by Crippen LogP contribution is -2.33. The SMILES string of the molecule is CN[C@@H]1CCN(c2cc(C3(C)CCOCC3)ncn2)C1. The van der Waals surface area contributed by atoms with E-state index in [0.29, 0.717) is 6.04 Å². The van der Waals surface area contributed by atoms with Crippen molar-refractivity contribution in [3.63, 3.8) is 0 Å². The highest BCUT2D eigenvalue weighted by atomic mass is 16.5. The summed E-state index contributed by atoms with van der Waals surface area (Å²) < 4.78 is 5.48. The molecule has 5 heteroatoms. The quantitative estimate of drug-likeness (QED) is 0.903. The Bertz CT molecular complexity index is 459. The zero-order valence-corrected chi connectivity index (χ0v) is 12.4. The molecule has 2 aliphatic heterocycles. The van der Waals surface area contributed by atoms with Crippen LogP contribution in [0.3, 0.4) is 0 Å². The molecule has 3 rings (SSSR count). The van der Waals surface area contributed by atoms with Gasteiger partial charge in [0.1, 0.15) is 12.1 Å². The van der Waals surface area contributed by atoms with E-state index in [4.69, 9.17) is 4.74 Å². The van der Waals surface area contributed by atoms with Crippen molar-refractivity contribution >= 4 is 5.82 Å². The summed E-state index contributed by atoms with van der Waals surface area (Å²) in [5, 5.41) is 3.35. The highest BCUT2D eigenvalue weighted by Crippen LogP contribution is 2.34. The van der Waals surface area contributed by atoms with Gasteiger partial charge in [0, 0.05) is 43.8 Å². The summed E-state index contributed by atoms with van der Waals surface area (Å²) in [6, 6.07) is 2.76. The zero-order valence-electron chi connectivity index (χ0n) is 12.4. The molecule has 0 aliphatic carbocycles. The topological polar surface area (TPSA) is 50.3 Å². The maximum absolute atomic E-state index is 5.48. The van der Waals surface area contributed by atoms with Crippen LogP contribution in [0.25, 0.3) is 0 Å². The third-order valence-electron chi connectivity index (χ3n) is 4.79. The fraction of sp³-hybridized carbons (Fsp3) is 0.733. The van der Waals surface area contributed by atoms with Crippen molar-refractivity contribution in [3.05, 3.63) is 18.1 Å². The fourth-order valence-corrected chi connectivity index (χ4v) is 3.13. The van der Waals surface area contributed by atoms with Gasteiger partial charge in [-0.1, -0.05) is 6.92 Å². The molecule has 1 aromatic rings. The predicted molar refractivity (Wildman–Crippen MR) is 79.1 cm³/mol. The van der Waals surface area contributed by atoms with Gasteiger partial charge in [0.25, 0.3) is 0 Å². The average molecular weight is 276 g/mol. The molecule has 0 aromatic carbocycles. The van der Waals surface area contributed by atoms with Gasteiger partial charge >= 0.3 is 0 Å². The van der Waals surface area contributed by atoms with E-state index in [9.17, 15) is 0 Å². The number of likely N-dealkylation sites (N-methyl/N-ethyl adjacent to an activating group) is 1. The van der Waals surface area contributed by atoms with Gasteiger partial charge in [-0.3, -0.25) is 0 Å². The molecule has 0 saturated carbocycles. The molecule has 0 bridgehead atoms. The molecule has 1 aromatic heterocycles. The highest BCUT2D eigenvalue weighted by molar-refractivity contribution is 5.42. The van der Waals surface area contributed by atoms with Crippen molar-refractivity contribution in [2.24, 2.45) is 0 Å². The molecule has 2 fully saturated rings. The van der Waals surface area contributed by atoms with Gasteiger partial charge in [0.05, 0.1) is 5.69 Å². The summed E-state index contributed by atoms with van der Waals surface area (Å²) in [5.41, 5.74) is 1.30. The molecular formula is C15H24N4O. The first kappa shape index (κ1) is 13.8. The molecule has 1 N–H and O–H groups in total. The Balaban J connectivity index is 1.79. The fourth-order valence-electron chi connectivity index (χ4n) is 3.13. The van der Waals surface area contributed by atoms with Crippen molar-refractivity contribution in [3.8, 4) is 0 Å². The Labute approximate surface area is 120 Å². The zero-order chi connectivity index (χ0) is 14.0. The Morgan fingerprint density at radius 3 is 2.85 bits per heavy atom. The summed E-state index contributed by atoms with van der Waals surface area (Å²) in [6.45, 7) is 6.07. The monoisotopic (exact) mass is 276 g/mol. The number of aromatic nitrogens is 2. The molecule has 110 valence electrons. The lowest BCUT2D eigenvalue weighted by molar-refractivity contribution is 0.0550. The van der Waals surface area contributed by atoms with Gasteiger partial charge in [0.2, 0.25) is 0 Å². The van der Waals surface area contributed by atoms with E-state index in [1.807, 2.05) is 7.05 Å². The Morgan fingerprint density at radius 1 is 1.35 bits per heavy atom. The van der Waals surface area contributed by atoms with Crippen LogP contribution in [0.4, 0.5) is 5.82 Å². The van der Waals surface area contributed by atoms with E-state index in [-0.39, 0.29) is 5.41 Å². The maximum atomic E-state index is 5.48. The lowest BCUT2D eigenvalue weighted by Gasteiger charge is -2.33. The van der Waals surface area contributed by atoms with Crippen LogP contribution in [-0.4, -0.2) is 49.4 Å². The minimum atomic E-state index is 0.137. The van der Waals surface area contributed by atoms with Gasteiger partial charge in [-0.15, -0.1) is 0 Å². The molecular weight excluding hydrogens is 252 g/mol. The molecule has 5 nitrogen and oxygen atoms in total. The van der Waals surface area contributed by atoms with Crippen molar-refractivity contribution in [2.75, 3.05) is 38.3 Å². The molecule has 1 atom stereocenters. The van der Waals surface area contributed by atoms with Crippen LogP contribution in [0, 0.1) is 0 Å². The van der Waals surface area contributed by atoms with Crippen LogP contribution < -0.4 is 10.2 Å². The highest BCUT2D eigenvalue weighted by Gasteiger charge is 2.32. The first-order valence-electron chi connectivity index (χ1n) is 7.54. The molecule has 0 amide bonds. The summed E-state index contributed by atoms with van der Waals surface area (Å²) >= 11 is 0. The van der Waals surface area contributed by atoms with Crippen LogP contribution in [-0.2, 0) is 10.2 Å². The Hall–Kier alpha value is -1.20. The van der Waals surface area contributed by atoms with E-state index in [1.54, 1.807) is 6.33 Å². The van der Waals surface area contributed by atoms with Crippen LogP contribution in [0.5, 0.6) is 0 Å². The normalized spacial score (nSPS) is 25.9. The minimum absolute atomic E-state index is 0.137. The summed E-state index contributed by atoms with van der Waals surface area (Å²) in [6.07, 6.45) is 4.99.